The third kappa shape index (κ3) is 3.31. The van der Waals surface area contributed by atoms with E-state index in [1.54, 1.807) is 24.3 Å². The summed E-state index contributed by atoms with van der Waals surface area (Å²) in [7, 11) is 0. The highest BCUT2D eigenvalue weighted by atomic mass is 19.1. The second-order valence-electron chi connectivity index (χ2n) is 4.01. The van der Waals surface area contributed by atoms with E-state index in [2.05, 4.69) is 5.32 Å². The molecule has 0 aromatic heterocycles. The molecular formula is C15H10FN3. The number of rotatable bonds is 3. The van der Waals surface area contributed by atoms with Crippen LogP contribution < -0.4 is 5.32 Å². The molecule has 0 aliphatic rings. The minimum absolute atomic E-state index is 0.294. The van der Waals surface area contributed by atoms with Gasteiger partial charge in [-0.3, -0.25) is 0 Å². The summed E-state index contributed by atoms with van der Waals surface area (Å²) in [4.78, 5) is 0. The summed E-state index contributed by atoms with van der Waals surface area (Å²) in [6.07, 6.45) is 0. The van der Waals surface area contributed by atoms with Gasteiger partial charge in [-0.05, 0) is 42.0 Å². The molecule has 0 bridgehead atoms. The minimum atomic E-state index is -0.429. The Morgan fingerprint density at radius 2 is 1.79 bits per heavy atom. The topological polar surface area (TPSA) is 59.6 Å². The summed E-state index contributed by atoms with van der Waals surface area (Å²) in [5.41, 5.74) is 2.31. The Balaban J connectivity index is 2.12. The van der Waals surface area contributed by atoms with Crippen LogP contribution in [0.15, 0.2) is 42.5 Å². The van der Waals surface area contributed by atoms with Crippen molar-refractivity contribution in [2.24, 2.45) is 0 Å². The Morgan fingerprint density at radius 1 is 1.00 bits per heavy atom. The van der Waals surface area contributed by atoms with E-state index >= 15 is 0 Å². The standard InChI is InChI=1S/C15H10FN3/c16-14-5-12(9-18)4-13(6-14)10-19-15-3-1-2-11(7-15)8-17/h1-7,19H,10H2. The molecule has 19 heavy (non-hydrogen) atoms. The lowest BCUT2D eigenvalue weighted by atomic mass is 10.1. The van der Waals surface area contributed by atoms with Crippen molar-refractivity contribution in [2.75, 3.05) is 5.32 Å². The number of benzene rings is 2. The van der Waals surface area contributed by atoms with E-state index in [-0.39, 0.29) is 0 Å². The van der Waals surface area contributed by atoms with Crippen LogP contribution in [-0.4, -0.2) is 0 Å². The zero-order valence-corrected chi connectivity index (χ0v) is 10.0. The average Bonchev–Trinajstić information content (AvgIpc) is 2.44. The van der Waals surface area contributed by atoms with Crippen molar-refractivity contribution in [1.82, 2.24) is 0 Å². The molecule has 2 aromatic carbocycles. The number of halogens is 1. The van der Waals surface area contributed by atoms with Gasteiger partial charge in [0.25, 0.3) is 0 Å². The van der Waals surface area contributed by atoms with E-state index in [1.165, 1.54) is 12.1 Å². The van der Waals surface area contributed by atoms with E-state index in [1.807, 2.05) is 18.2 Å². The molecule has 0 spiro atoms. The first-order valence-electron chi connectivity index (χ1n) is 5.65. The van der Waals surface area contributed by atoms with Crippen molar-refractivity contribution in [2.45, 2.75) is 6.54 Å². The van der Waals surface area contributed by atoms with Crippen molar-refractivity contribution in [3.63, 3.8) is 0 Å². The van der Waals surface area contributed by atoms with Gasteiger partial charge in [-0.25, -0.2) is 4.39 Å². The SMILES string of the molecule is N#Cc1cc(F)cc(CNc2cccc(C#N)c2)c1. The van der Waals surface area contributed by atoms with Crippen LogP contribution >= 0.6 is 0 Å². The summed E-state index contributed by atoms with van der Waals surface area (Å²) in [6.45, 7) is 0.390. The Labute approximate surface area is 110 Å². The molecule has 4 heteroatoms. The van der Waals surface area contributed by atoms with Crippen LogP contribution in [0.1, 0.15) is 16.7 Å². The monoisotopic (exact) mass is 251 g/mol. The Kier molecular flexibility index (Phi) is 3.75. The fourth-order valence-corrected chi connectivity index (χ4v) is 1.72. The normalized spacial score (nSPS) is 9.42. The molecule has 0 saturated carbocycles. The largest absolute Gasteiger partial charge is 0.381 e. The third-order valence-electron chi connectivity index (χ3n) is 2.57. The second kappa shape index (κ2) is 5.66. The minimum Gasteiger partial charge on any atom is -0.381 e. The molecule has 0 fully saturated rings. The van der Waals surface area contributed by atoms with Crippen molar-refractivity contribution < 1.29 is 4.39 Å². The molecule has 92 valence electrons. The van der Waals surface area contributed by atoms with Gasteiger partial charge in [0.2, 0.25) is 0 Å². The number of nitrogens with zero attached hydrogens (tertiary/aromatic N) is 2. The predicted molar refractivity (Wildman–Crippen MR) is 69.6 cm³/mol. The lowest BCUT2D eigenvalue weighted by Gasteiger charge is -2.07. The van der Waals surface area contributed by atoms with E-state index in [0.29, 0.717) is 23.2 Å². The Bertz CT molecular complexity index is 681. The van der Waals surface area contributed by atoms with Gasteiger partial charge < -0.3 is 5.32 Å². The molecule has 0 unspecified atom stereocenters. The first-order chi connectivity index (χ1) is 9.21. The number of nitrogens with one attached hydrogen (secondary N) is 1. The first kappa shape index (κ1) is 12.6. The van der Waals surface area contributed by atoms with E-state index < -0.39 is 5.82 Å². The average molecular weight is 251 g/mol. The summed E-state index contributed by atoms with van der Waals surface area (Å²) < 4.78 is 13.2. The zero-order valence-electron chi connectivity index (χ0n) is 10.0. The maximum atomic E-state index is 13.2. The quantitative estimate of drug-likeness (QED) is 0.911. The number of nitriles is 2. The molecule has 0 amide bonds. The van der Waals surface area contributed by atoms with Crippen LogP contribution in [0, 0.1) is 28.5 Å². The van der Waals surface area contributed by atoms with Gasteiger partial charge in [-0.15, -0.1) is 0 Å². The Hall–Kier alpha value is -2.85. The summed E-state index contributed by atoms with van der Waals surface area (Å²) in [5.74, 6) is -0.429. The zero-order chi connectivity index (χ0) is 13.7. The molecule has 0 aliphatic carbocycles. The molecule has 0 atom stereocenters. The predicted octanol–water partition coefficient (Wildman–Crippen LogP) is 3.18. The van der Waals surface area contributed by atoms with Crippen molar-refractivity contribution in [3.8, 4) is 12.1 Å². The van der Waals surface area contributed by atoms with Gasteiger partial charge >= 0.3 is 0 Å². The second-order valence-corrected chi connectivity index (χ2v) is 4.01. The van der Waals surface area contributed by atoms with Gasteiger partial charge in [0, 0.05) is 12.2 Å². The molecule has 2 rings (SSSR count). The number of hydrogen-bond donors (Lipinski definition) is 1. The molecule has 0 radical (unpaired) electrons. The lowest BCUT2D eigenvalue weighted by Crippen LogP contribution is -2.00. The van der Waals surface area contributed by atoms with Gasteiger partial charge in [-0.1, -0.05) is 6.07 Å². The summed E-state index contributed by atoms with van der Waals surface area (Å²) in [5, 5.41) is 20.6. The fourth-order valence-electron chi connectivity index (χ4n) is 1.72. The first-order valence-corrected chi connectivity index (χ1v) is 5.65. The molecule has 2 aromatic rings. The van der Waals surface area contributed by atoms with Crippen LogP contribution in [0.25, 0.3) is 0 Å². The fraction of sp³-hybridized carbons (Fsp3) is 0.0667. The molecule has 0 saturated heterocycles. The van der Waals surface area contributed by atoms with Crippen LogP contribution in [0.3, 0.4) is 0 Å². The van der Waals surface area contributed by atoms with Gasteiger partial charge in [0.05, 0.1) is 23.3 Å². The van der Waals surface area contributed by atoms with Crippen molar-refractivity contribution >= 4 is 5.69 Å². The van der Waals surface area contributed by atoms with Gasteiger partial charge in [0.1, 0.15) is 5.82 Å². The lowest BCUT2D eigenvalue weighted by molar-refractivity contribution is 0.625. The smallest absolute Gasteiger partial charge is 0.124 e. The van der Waals surface area contributed by atoms with Crippen LogP contribution in [0.2, 0.25) is 0 Å². The highest BCUT2D eigenvalue weighted by Gasteiger charge is 2.01. The Morgan fingerprint density at radius 3 is 2.53 bits per heavy atom. The third-order valence-corrected chi connectivity index (χ3v) is 2.57. The van der Waals surface area contributed by atoms with Crippen LogP contribution in [0.5, 0.6) is 0 Å². The van der Waals surface area contributed by atoms with E-state index in [0.717, 1.165) is 5.69 Å². The highest BCUT2D eigenvalue weighted by molar-refractivity contribution is 5.49. The number of hydrogen-bond acceptors (Lipinski definition) is 3. The maximum absolute atomic E-state index is 13.2. The maximum Gasteiger partial charge on any atom is 0.124 e. The highest BCUT2D eigenvalue weighted by Crippen LogP contribution is 2.13. The van der Waals surface area contributed by atoms with Crippen molar-refractivity contribution in [1.29, 1.82) is 10.5 Å². The molecule has 1 N–H and O–H groups in total. The molecule has 3 nitrogen and oxygen atoms in total. The van der Waals surface area contributed by atoms with E-state index in [4.69, 9.17) is 10.5 Å². The molecular weight excluding hydrogens is 241 g/mol. The molecule has 0 heterocycles. The van der Waals surface area contributed by atoms with Gasteiger partial charge in [0.15, 0.2) is 0 Å². The summed E-state index contributed by atoms with van der Waals surface area (Å²) >= 11 is 0. The van der Waals surface area contributed by atoms with Crippen molar-refractivity contribution in [3.05, 3.63) is 65.0 Å². The number of anilines is 1. The van der Waals surface area contributed by atoms with Crippen LogP contribution in [-0.2, 0) is 6.54 Å². The van der Waals surface area contributed by atoms with Gasteiger partial charge in [-0.2, -0.15) is 10.5 Å². The van der Waals surface area contributed by atoms with Crippen LogP contribution in [0.4, 0.5) is 10.1 Å². The molecule has 0 aliphatic heterocycles. The summed E-state index contributed by atoms with van der Waals surface area (Å²) in [6, 6.07) is 15.2. The van der Waals surface area contributed by atoms with E-state index in [9.17, 15) is 4.39 Å².